The zero-order valence-corrected chi connectivity index (χ0v) is 9.57. The second kappa shape index (κ2) is 4.90. The monoisotopic (exact) mass is 234 g/mol. The van der Waals surface area contributed by atoms with Crippen molar-refractivity contribution in [2.75, 3.05) is 11.9 Å². The van der Waals surface area contributed by atoms with Crippen LogP contribution in [0.5, 0.6) is 0 Å². The second-order valence-electron chi connectivity index (χ2n) is 3.15. The Hall–Kier alpha value is -1.68. The molecule has 0 bridgehead atoms. The minimum absolute atomic E-state index is 0.199. The highest BCUT2D eigenvalue weighted by Crippen LogP contribution is 2.17. The third-order valence-corrected chi connectivity index (χ3v) is 2.14. The summed E-state index contributed by atoms with van der Waals surface area (Å²) < 4.78 is 0. The van der Waals surface area contributed by atoms with Crippen molar-refractivity contribution in [1.82, 2.24) is 15.0 Å². The van der Waals surface area contributed by atoms with E-state index < -0.39 is 0 Å². The molecule has 2 rings (SSSR count). The number of aromatic nitrogens is 3. The third kappa shape index (κ3) is 2.46. The predicted molar refractivity (Wildman–Crippen MR) is 64.4 cm³/mol. The van der Waals surface area contributed by atoms with E-state index in [-0.39, 0.29) is 5.28 Å². The molecule has 0 aliphatic carbocycles. The van der Waals surface area contributed by atoms with Crippen molar-refractivity contribution >= 4 is 17.5 Å². The van der Waals surface area contributed by atoms with Gasteiger partial charge in [0, 0.05) is 12.1 Å². The maximum absolute atomic E-state index is 5.83. The summed E-state index contributed by atoms with van der Waals surface area (Å²) in [6, 6.07) is 9.67. The fraction of sp³-hybridized carbons (Fsp3) is 0.182. The normalized spacial score (nSPS) is 10.1. The van der Waals surface area contributed by atoms with E-state index in [0.29, 0.717) is 11.8 Å². The number of benzene rings is 1. The molecule has 2 aromatic rings. The Labute approximate surface area is 98.7 Å². The molecule has 4 nitrogen and oxygen atoms in total. The average Bonchev–Trinajstić information content (AvgIpc) is 2.30. The summed E-state index contributed by atoms with van der Waals surface area (Å²) in [6.07, 6.45) is 0. The summed E-state index contributed by atoms with van der Waals surface area (Å²) in [5, 5.41) is 3.21. The number of hydrogen-bond acceptors (Lipinski definition) is 4. The lowest BCUT2D eigenvalue weighted by Gasteiger charge is -2.04. The zero-order chi connectivity index (χ0) is 11.4. The van der Waals surface area contributed by atoms with Crippen molar-refractivity contribution in [3.8, 4) is 11.4 Å². The van der Waals surface area contributed by atoms with Gasteiger partial charge < -0.3 is 5.32 Å². The largest absolute Gasteiger partial charge is 0.354 e. The molecule has 16 heavy (non-hydrogen) atoms. The summed E-state index contributed by atoms with van der Waals surface area (Å²) in [7, 11) is 0. The molecule has 0 fully saturated rings. The first-order valence-electron chi connectivity index (χ1n) is 5.00. The Kier molecular flexibility index (Phi) is 3.31. The average molecular weight is 235 g/mol. The quantitative estimate of drug-likeness (QED) is 0.887. The van der Waals surface area contributed by atoms with Gasteiger partial charge in [0.25, 0.3) is 0 Å². The van der Waals surface area contributed by atoms with Gasteiger partial charge in [0.2, 0.25) is 11.2 Å². The van der Waals surface area contributed by atoms with Crippen molar-refractivity contribution in [3.63, 3.8) is 0 Å². The van der Waals surface area contributed by atoms with E-state index in [1.807, 2.05) is 37.3 Å². The van der Waals surface area contributed by atoms with Crippen LogP contribution in [0, 0.1) is 0 Å². The lowest BCUT2D eigenvalue weighted by molar-refractivity contribution is 1.02. The topological polar surface area (TPSA) is 50.7 Å². The van der Waals surface area contributed by atoms with E-state index in [1.165, 1.54) is 0 Å². The van der Waals surface area contributed by atoms with Gasteiger partial charge in [-0.25, -0.2) is 0 Å². The molecule has 0 radical (unpaired) electrons. The van der Waals surface area contributed by atoms with Gasteiger partial charge in [-0.1, -0.05) is 30.3 Å². The second-order valence-corrected chi connectivity index (χ2v) is 3.49. The lowest BCUT2D eigenvalue weighted by Crippen LogP contribution is -2.04. The number of halogens is 1. The fourth-order valence-corrected chi connectivity index (χ4v) is 1.46. The molecule has 1 heterocycles. The van der Waals surface area contributed by atoms with E-state index >= 15 is 0 Å². The van der Waals surface area contributed by atoms with E-state index in [1.54, 1.807) is 0 Å². The standard InChI is InChI=1S/C11H11ClN4/c1-2-13-11-15-9(14-10(12)16-11)8-6-4-3-5-7-8/h3-7H,2H2,1H3,(H,13,14,15,16). The van der Waals surface area contributed by atoms with Gasteiger partial charge in [0.15, 0.2) is 5.82 Å². The van der Waals surface area contributed by atoms with Gasteiger partial charge in [-0.15, -0.1) is 0 Å². The molecule has 0 aliphatic heterocycles. The molecular weight excluding hydrogens is 224 g/mol. The number of nitrogens with zero attached hydrogens (tertiary/aromatic N) is 3. The number of nitrogens with one attached hydrogen (secondary N) is 1. The van der Waals surface area contributed by atoms with Crippen LogP contribution in [0.4, 0.5) is 5.95 Å². The van der Waals surface area contributed by atoms with Crippen molar-refractivity contribution in [2.45, 2.75) is 6.92 Å². The van der Waals surface area contributed by atoms with Crippen LogP contribution in [-0.2, 0) is 0 Å². The van der Waals surface area contributed by atoms with Crippen LogP contribution >= 0.6 is 11.6 Å². The molecule has 0 unspecified atom stereocenters. The Bertz CT molecular complexity index is 473. The van der Waals surface area contributed by atoms with Crippen LogP contribution in [0.1, 0.15) is 6.92 Å². The Morgan fingerprint density at radius 2 is 1.88 bits per heavy atom. The molecule has 5 heteroatoms. The van der Waals surface area contributed by atoms with Crippen LogP contribution in [0.2, 0.25) is 5.28 Å². The smallest absolute Gasteiger partial charge is 0.227 e. The van der Waals surface area contributed by atoms with Crippen LogP contribution in [0.3, 0.4) is 0 Å². The first-order valence-corrected chi connectivity index (χ1v) is 5.38. The van der Waals surface area contributed by atoms with Gasteiger partial charge in [-0.3, -0.25) is 0 Å². The lowest BCUT2D eigenvalue weighted by atomic mass is 10.2. The van der Waals surface area contributed by atoms with E-state index in [9.17, 15) is 0 Å². The third-order valence-electron chi connectivity index (χ3n) is 1.98. The summed E-state index contributed by atoms with van der Waals surface area (Å²) in [5.74, 6) is 1.08. The Morgan fingerprint density at radius 1 is 1.12 bits per heavy atom. The van der Waals surface area contributed by atoms with Crippen molar-refractivity contribution in [2.24, 2.45) is 0 Å². The molecule has 0 saturated heterocycles. The predicted octanol–water partition coefficient (Wildman–Crippen LogP) is 2.62. The van der Waals surface area contributed by atoms with E-state index in [0.717, 1.165) is 12.1 Å². The molecule has 82 valence electrons. The maximum atomic E-state index is 5.83. The summed E-state index contributed by atoms with van der Waals surface area (Å²) >= 11 is 5.83. The molecule has 0 saturated carbocycles. The molecule has 1 N–H and O–H groups in total. The molecule has 0 amide bonds. The highest BCUT2D eigenvalue weighted by Gasteiger charge is 2.05. The van der Waals surface area contributed by atoms with Gasteiger partial charge in [0.05, 0.1) is 0 Å². The molecule has 1 aromatic carbocycles. The minimum Gasteiger partial charge on any atom is -0.354 e. The van der Waals surface area contributed by atoms with Gasteiger partial charge >= 0.3 is 0 Å². The Morgan fingerprint density at radius 3 is 2.56 bits per heavy atom. The van der Waals surface area contributed by atoms with Crippen LogP contribution in [0.15, 0.2) is 30.3 Å². The first-order chi connectivity index (χ1) is 7.79. The summed E-state index contributed by atoms with van der Waals surface area (Å²) in [6.45, 7) is 2.72. The minimum atomic E-state index is 0.199. The molecular formula is C11H11ClN4. The van der Waals surface area contributed by atoms with Crippen molar-refractivity contribution in [3.05, 3.63) is 35.6 Å². The van der Waals surface area contributed by atoms with Gasteiger partial charge in [-0.05, 0) is 18.5 Å². The van der Waals surface area contributed by atoms with Gasteiger partial charge in [-0.2, -0.15) is 15.0 Å². The van der Waals surface area contributed by atoms with Crippen LogP contribution in [-0.4, -0.2) is 21.5 Å². The first kappa shape index (κ1) is 10.8. The summed E-state index contributed by atoms with van der Waals surface area (Å²) in [4.78, 5) is 12.3. The highest BCUT2D eigenvalue weighted by molar-refractivity contribution is 6.28. The molecule has 0 atom stereocenters. The Balaban J connectivity index is 2.41. The van der Waals surface area contributed by atoms with Crippen molar-refractivity contribution in [1.29, 1.82) is 0 Å². The molecule has 0 aliphatic rings. The molecule has 1 aromatic heterocycles. The zero-order valence-electron chi connectivity index (χ0n) is 8.81. The van der Waals surface area contributed by atoms with E-state index in [2.05, 4.69) is 20.3 Å². The SMILES string of the molecule is CCNc1nc(Cl)nc(-c2ccccc2)n1. The van der Waals surface area contributed by atoms with Crippen LogP contribution < -0.4 is 5.32 Å². The van der Waals surface area contributed by atoms with E-state index in [4.69, 9.17) is 11.6 Å². The number of anilines is 1. The maximum Gasteiger partial charge on any atom is 0.227 e. The van der Waals surface area contributed by atoms with Crippen molar-refractivity contribution < 1.29 is 0 Å². The number of rotatable bonds is 3. The van der Waals surface area contributed by atoms with Crippen LogP contribution in [0.25, 0.3) is 11.4 Å². The highest BCUT2D eigenvalue weighted by atomic mass is 35.5. The fourth-order valence-electron chi connectivity index (χ4n) is 1.30. The summed E-state index contributed by atoms with van der Waals surface area (Å²) in [5.41, 5.74) is 0.922. The van der Waals surface area contributed by atoms with Gasteiger partial charge in [0.1, 0.15) is 0 Å². The molecule has 0 spiro atoms. The number of hydrogen-bond donors (Lipinski definition) is 1.